The lowest BCUT2D eigenvalue weighted by Gasteiger charge is -2.22. The first kappa shape index (κ1) is 25.2. The smallest absolute Gasteiger partial charge is 0.0129 e. The van der Waals surface area contributed by atoms with Crippen molar-refractivity contribution in [2.45, 2.75) is 60.3 Å². The van der Waals surface area contributed by atoms with Gasteiger partial charge in [-0.2, -0.15) is 0 Å². The van der Waals surface area contributed by atoms with Gasteiger partial charge in [-0.05, 0) is 35.4 Å². The van der Waals surface area contributed by atoms with Crippen LogP contribution in [0.25, 0.3) is 6.08 Å². The van der Waals surface area contributed by atoms with E-state index < -0.39 is 0 Å². The Hall–Kier alpha value is -2.08. The summed E-state index contributed by atoms with van der Waals surface area (Å²) in [5, 5.41) is 0. The van der Waals surface area contributed by atoms with Gasteiger partial charge in [-0.3, -0.25) is 0 Å². The predicted molar refractivity (Wildman–Crippen MR) is 118 cm³/mol. The first-order valence-electron chi connectivity index (χ1n) is 9.16. The second-order valence-electron chi connectivity index (χ2n) is 6.38. The van der Waals surface area contributed by atoms with Crippen LogP contribution in [0.1, 0.15) is 63.8 Å². The molecule has 2 aromatic rings. The van der Waals surface area contributed by atoms with Crippen LogP contribution in [0.15, 0.2) is 68.3 Å². The van der Waals surface area contributed by atoms with Crippen molar-refractivity contribution in [2.75, 3.05) is 0 Å². The highest BCUT2D eigenvalue weighted by Crippen LogP contribution is 2.25. The molecule has 0 amide bonds. The van der Waals surface area contributed by atoms with E-state index in [-0.39, 0.29) is 5.41 Å². The second-order valence-corrected chi connectivity index (χ2v) is 6.38. The maximum atomic E-state index is 3.67. The van der Waals surface area contributed by atoms with Crippen molar-refractivity contribution in [2.24, 2.45) is 0 Å². The summed E-state index contributed by atoms with van der Waals surface area (Å²) in [6.07, 6.45) is 2.99. The van der Waals surface area contributed by atoms with Gasteiger partial charge in [0.05, 0.1) is 0 Å². The van der Waals surface area contributed by atoms with E-state index in [4.69, 9.17) is 0 Å². The monoisotopic (exact) mass is 338 g/mol. The van der Waals surface area contributed by atoms with E-state index in [9.17, 15) is 0 Å². The van der Waals surface area contributed by atoms with Crippen molar-refractivity contribution < 1.29 is 0 Å². The molecule has 0 aliphatic carbocycles. The van der Waals surface area contributed by atoms with Crippen LogP contribution in [0, 0.1) is 6.92 Å². The van der Waals surface area contributed by atoms with Gasteiger partial charge in [0.1, 0.15) is 0 Å². The Labute approximate surface area is 157 Å². The lowest BCUT2D eigenvalue weighted by atomic mass is 9.83. The van der Waals surface area contributed by atoms with E-state index in [2.05, 4.69) is 90.8 Å². The highest BCUT2D eigenvalue weighted by Gasteiger charge is 2.15. The van der Waals surface area contributed by atoms with Gasteiger partial charge in [0.15, 0.2) is 0 Å². The molecule has 0 saturated carbocycles. The lowest BCUT2D eigenvalue weighted by molar-refractivity contribution is 0.583. The fourth-order valence-electron chi connectivity index (χ4n) is 2.36. The third-order valence-corrected chi connectivity index (χ3v) is 3.48. The molecule has 138 valence electrons. The van der Waals surface area contributed by atoms with Crippen LogP contribution in [0.2, 0.25) is 0 Å². The summed E-state index contributed by atoms with van der Waals surface area (Å²) >= 11 is 0. The van der Waals surface area contributed by atoms with Gasteiger partial charge in [0.2, 0.25) is 0 Å². The maximum absolute atomic E-state index is 3.67. The Morgan fingerprint density at radius 1 is 0.920 bits per heavy atom. The minimum atomic E-state index is 0.284. The van der Waals surface area contributed by atoms with E-state index in [1.165, 1.54) is 22.3 Å². The van der Waals surface area contributed by atoms with Gasteiger partial charge in [-0.15, -0.1) is 13.2 Å². The zero-order chi connectivity index (χ0) is 19.9. The number of hydrogen-bond donors (Lipinski definition) is 0. The third-order valence-electron chi connectivity index (χ3n) is 3.48. The van der Waals surface area contributed by atoms with Crippen LogP contribution < -0.4 is 0 Å². The molecule has 0 saturated heterocycles. The highest BCUT2D eigenvalue weighted by atomic mass is 14.2. The standard InChI is InChI=1S/C12H18.C9H10.C2H6.C2H4/c1-5-10-8-6-7-9-11(10)12(2,3)4;1-3-9-6-4-5-8(2)7-9;2*1-2/h6-9H,5H2,1-4H3;3-7H,1H2,2H3;1-2H3;1-2H2. The van der Waals surface area contributed by atoms with Crippen molar-refractivity contribution >= 4 is 6.08 Å². The number of benzene rings is 2. The summed E-state index contributed by atoms with van der Waals surface area (Å²) in [4.78, 5) is 0. The van der Waals surface area contributed by atoms with Crippen molar-refractivity contribution in [3.05, 3.63) is 90.5 Å². The average molecular weight is 339 g/mol. The summed E-state index contributed by atoms with van der Waals surface area (Å²) in [6, 6.07) is 17.0. The van der Waals surface area contributed by atoms with Gasteiger partial charge in [0.25, 0.3) is 0 Å². The zero-order valence-electron chi connectivity index (χ0n) is 17.5. The van der Waals surface area contributed by atoms with Crippen molar-refractivity contribution in [3.8, 4) is 0 Å². The molecule has 0 heteroatoms. The zero-order valence-corrected chi connectivity index (χ0v) is 17.5. The third kappa shape index (κ3) is 10.4. The first-order chi connectivity index (χ1) is 11.9. The molecule has 25 heavy (non-hydrogen) atoms. The molecule has 2 rings (SSSR count). The van der Waals surface area contributed by atoms with Gasteiger partial charge < -0.3 is 0 Å². The quantitative estimate of drug-likeness (QED) is 0.486. The number of aryl methyl sites for hydroxylation is 2. The normalized spacial score (nSPS) is 9.24. The van der Waals surface area contributed by atoms with Crippen molar-refractivity contribution in [3.63, 3.8) is 0 Å². The Balaban J connectivity index is 0. The summed E-state index contributed by atoms with van der Waals surface area (Å²) in [7, 11) is 0. The van der Waals surface area contributed by atoms with Crippen LogP contribution >= 0.6 is 0 Å². The molecule has 0 spiro atoms. The molecule has 0 heterocycles. The molecule has 0 aliphatic heterocycles. The largest absolute Gasteiger partial charge is 0.106 e. The van der Waals surface area contributed by atoms with Gasteiger partial charge in [-0.25, -0.2) is 0 Å². The minimum Gasteiger partial charge on any atom is -0.106 e. The molecule has 0 aromatic heterocycles. The summed E-state index contributed by atoms with van der Waals surface area (Å²) < 4.78 is 0. The Kier molecular flexibility index (Phi) is 14.4. The SMILES string of the molecule is C=C.C=Cc1cccc(C)c1.CC.CCc1ccccc1C(C)(C)C. The average Bonchev–Trinajstić information content (AvgIpc) is 2.64. The predicted octanol–water partition coefficient (Wildman–Crippen LogP) is 8.01. The van der Waals surface area contributed by atoms with Crippen molar-refractivity contribution in [1.82, 2.24) is 0 Å². The topological polar surface area (TPSA) is 0 Å². The first-order valence-corrected chi connectivity index (χ1v) is 9.16. The van der Waals surface area contributed by atoms with E-state index in [0.29, 0.717) is 0 Å². The lowest BCUT2D eigenvalue weighted by Crippen LogP contribution is -2.13. The highest BCUT2D eigenvalue weighted by molar-refractivity contribution is 5.47. The van der Waals surface area contributed by atoms with Gasteiger partial charge >= 0.3 is 0 Å². The summed E-state index contributed by atoms with van der Waals surface area (Å²) in [6.45, 7) is 24.8. The van der Waals surface area contributed by atoms with Crippen LogP contribution in [0.5, 0.6) is 0 Å². The van der Waals surface area contributed by atoms with E-state index >= 15 is 0 Å². The minimum absolute atomic E-state index is 0.284. The molecular formula is C25H38. The molecule has 2 aromatic carbocycles. The van der Waals surface area contributed by atoms with Gasteiger partial charge in [-0.1, -0.05) is 108 Å². The Morgan fingerprint density at radius 3 is 1.84 bits per heavy atom. The fraction of sp³-hybridized carbons (Fsp3) is 0.360. The molecule has 0 fully saturated rings. The van der Waals surface area contributed by atoms with Crippen LogP contribution in [0.3, 0.4) is 0 Å². The van der Waals surface area contributed by atoms with Gasteiger partial charge in [0, 0.05) is 0 Å². The molecule has 0 radical (unpaired) electrons. The van der Waals surface area contributed by atoms with Crippen LogP contribution in [0.4, 0.5) is 0 Å². The number of hydrogen-bond acceptors (Lipinski definition) is 0. The Bertz CT molecular complexity index is 585. The molecule has 0 atom stereocenters. The van der Waals surface area contributed by atoms with Crippen LogP contribution in [-0.4, -0.2) is 0 Å². The van der Waals surface area contributed by atoms with Crippen LogP contribution in [-0.2, 0) is 11.8 Å². The molecule has 0 aliphatic rings. The molecule has 0 nitrogen and oxygen atoms in total. The van der Waals surface area contributed by atoms with E-state index in [1.807, 2.05) is 32.1 Å². The van der Waals surface area contributed by atoms with Crippen molar-refractivity contribution in [1.29, 1.82) is 0 Å². The summed E-state index contributed by atoms with van der Waals surface area (Å²) in [5.41, 5.74) is 5.71. The number of rotatable bonds is 2. The summed E-state index contributed by atoms with van der Waals surface area (Å²) in [5.74, 6) is 0. The van der Waals surface area contributed by atoms with E-state index in [0.717, 1.165) is 6.42 Å². The fourth-order valence-corrected chi connectivity index (χ4v) is 2.36. The Morgan fingerprint density at radius 2 is 1.48 bits per heavy atom. The maximum Gasteiger partial charge on any atom is -0.0129 e. The van der Waals surface area contributed by atoms with E-state index in [1.54, 1.807) is 0 Å². The molecule has 0 bridgehead atoms. The molecular weight excluding hydrogens is 300 g/mol. The molecule has 0 N–H and O–H groups in total. The second kappa shape index (κ2) is 14.3. The molecule has 0 unspecified atom stereocenters.